The quantitative estimate of drug-likeness (QED) is 0.772. The molecular weight excluding hydrogens is 194 g/mol. The SMILES string of the molecule is CC[C@@](C)(C(=O)O)N1C[C@H](C)O[C@@H](C)C1. The van der Waals surface area contributed by atoms with Gasteiger partial charge in [0.2, 0.25) is 0 Å². The van der Waals surface area contributed by atoms with Gasteiger partial charge in [0.05, 0.1) is 12.2 Å². The Morgan fingerprint density at radius 3 is 2.27 bits per heavy atom. The van der Waals surface area contributed by atoms with Gasteiger partial charge in [-0.05, 0) is 27.2 Å². The zero-order valence-corrected chi connectivity index (χ0v) is 9.99. The zero-order valence-electron chi connectivity index (χ0n) is 9.99. The van der Waals surface area contributed by atoms with E-state index in [1.807, 2.05) is 25.7 Å². The number of ether oxygens (including phenoxy) is 1. The highest BCUT2D eigenvalue weighted by Gasteiger charge is 2.41. The topological polar surface area (TPSA) is 49.8 Å². The van der Waals surface area contributed by atoms with Crippen molar-refractivity contribution in [2.45, 2.75) is 51.9 Å². The first-order valence-electron chi connectivity index (χ1n) is 5.54. The lowest BCUT2D eigenvalue weighted by Crippen LogP contribution is -2.59. The van der Waals surface area contributed by atoms with Crippen LogP contribution in [0.3, 0.4) is 0 Å². The van der Waals surface area contributed by atoms with E-state index in [0.29, 0.717) is 19.5 Å². The van der Waals surface area contributed by atoms with Crippen molar-refractivity contribution in [3.8, 4) is 0 Å². The highest BCUT2D eigenvalue weighted by molar-refractivity contribution is 5.78. The van der Waals surface area contributed by atoms with Crippen molar-refractivity contribution in [3.05, 3.63) is 0 Å². The molecule has 0 aliphatic carbocycles. The van der Waals surface area contributed by atoms with Crippen molar-refractivity contribution in [2.75, 3.05) is 13.1 Å². The van der Waals surface area contributed by atoms with Crippen LogP contribution < -0.4 is 0 Å². The van der Waals surface area contributed by atoms with Crippen LogP contribution in [-0.2, 0) is 9.53 Å². The molecule has 0 amide bonds. The van der Waals surface area contributed by atoms with E-state index in [2.05, 4.69) is 0 Å². The molecule has 0 unspecified atom stereocenters. The van der Waals surface area contributed by atoms with Gasteiger partial charge in [-0.1, -0.05) is 6.92 Å². The van der Waals surface area contributed by atoms with Gasteiger partial charge in [0.1, 0.15) is 5.54 Å². The van der Waals surface area contributed by atoms with Crippen molar-refractivity contribution >= 4 is 5.97 Å². The molecule has 0 spiro atoms. The first kappa shape index (κ1) is 12.5. The molecule has 1 rings (SSSR count). The number of carboxylic acid groups (broad SMARTS) is 1. The summed E-state index contributed by atoms with van der Waals surface area (Å²) in [6, 6.07) is 0. The van der Waals surface area contributed by atoms with E-state index in [1.54, 1.807) is 6.92 Å². The summed E-state index contributed by atoms with van der Waals surface area (Å²) in [5.41, 5.74) is -0.758. The van der Waals surface area contributed by atoms with Gasteiger partial charge in [-0.2, -0.15) is 0 Å². The van der Waals surface area contributed by atoms with Crippen molar-refractivity contribution in [1.82, 2.24) is 4.90 Å². The summed E-state index contributed by atoms with van der Waals surface area (Å²) in [5, 5.41) is 9.27. The van der Waals surface area contributed by atoms with Crippen LogP contribution >= 0.6 is 0 Å². The van der Waals surface area contributed by atoms with Crippen LogP contribution in [0.1, 0.15) is 34.1 Å². The standard InChI is InChI=1S/C11H21NO3/c1-5-11(4,10(13)14)12-6-8(2)15-9(3)7-12/h8-9H,5-7H2,1-4H3,(H,13,14)/t8-,9-,11-/m0/s1. The fourth-order valence-electron chi connectivity index (χ4n) is 2.09. The monoisotopic (exact) mass is 215 g/mol. The summed E-state index contributed by atoms with van der Waals surface area (Å²) in [6.07, 6.45) is 0.833. The molecule has 1 saturated heterocycles. The lowest BCUT2D eigenvalue weighted by molar-refractivity contribution is -0.160. The second-order valence-electron chi connectivity index (χ2n) is 4.59. The summed E-state index contributed by atoms with van der Waals surface area (Å²) >= 11 is 0. The molecule has 4 nitrogen and oxygen atoms in total. The third-order valence-corrected chi connectivity index (χ3v) is 3.27. The second-order valence-corrected chi connectivity index (χ2v) is 4.59. The smallest absolute Gasteiger partial charge is 0.323 e. The molecule has 0 radical (unpaired) electrons. The normalized spacial score (nSPS) is 32.3. The lowest BCUT2D eigenvalue weighted by Gasteiger charge is -2.44. The van der Waals surface area contributed by atoms with Crippen molar-refractivity contribution in [1.29, 1.82) is 0 Å². The molecule has 1 heterocycles. The molecular formula is C11H21NO3. The summed E-state index contributed by atoms with van der Waals surface area (Å²) in [7, 11) is 0. The molecule has 4 heteroatoms. The van der Waals surface area contributed by atoms with Crippen molar-refractivity contribution in [2.24, 2.45) is 0 Å². The minimum Gasteiger partial charge on any atom is -0.480 e. The van der Waals surface area contributed by atoms with Gasteiger partial charge in [-0.25, -0.2) is 0 Å². The first-order valence-corrected chi connectivity index (χ1v) is 5.54. The minimum absolute atomic E-state index is 0.110. The van der Waals surface area contributed by atoms with Gasteiger partial charge in [0.25, 0.3) is 0 Å². The summed E-state index contributed by atoms with van der Waals surface area (Å²) in [5.74, 6) is -0.744. The van der Waals surface area contributed by atoms with Gasteiger partial charge in [0, 0.05) is 13.1 Å². The molecule has 0 bridgehead atoms. The maximum atomic E-state index is 11.3. The van der Waals surface area contributed by atoms with E-state index in [1.165, 1.54) is 0 Å². The second kappa shape index (κ2) is 4.49. The van der Waals surface area contributed by atoms with Crippen LogP contribution in [0.5, 0.6) is 0 Å². The molecule has 0 aromatic heterocycles. The predicted molar refractivity (Wildman–Crippen MR) is 57.9 cm³/mol. The first-order chi connectivity index (χ1) is 6.90. The molecule has 88 valence electrons. The fraction of sp³-hybridized carbons (Fsp3) is 0.909. The minimum atomic E-state index is -0.758. The Labute approximate surface area is 91.2 Å². The Hall–Kier alpha value is -0.610. The van der Waals surface area contributed by atoms with Crippen LogP contribution in [0.2, 0.25) is 0 Å². The van der Waals surface area contributed by atoms with E-state index in [9.17, 15) is 9.90 Å². The molecule has 0 aromatic rings. The third kappa shape index (κ3) is 2.49. The zero-order chi connectivity index (χ0) is 11.6. The van der Waals surface area contributed by atoms with Crippen LogP contribution in [-0.4, -0.2) is 46.8 Å². The van der Waals surface area contributed by atoms with Gasteiger partial charge >= 0.3 is 5.97 Å². The Morgan fingerprint density at radius 1 is 1.47 bits per heavy atom. The van der Waals surface area contributed by atoms with Crippen LogP contribution in [0.25, 0.3) is 0 Å². The molecule has 1 fully saturated rings. The van der Waals surface area contributed by atoms with Gasteiger partial charge in [-0.15, -0.1) is 0 Å². The molecule has 1 N–H and O–H groups in total. The van der Waals surface area contributed by atoms with Crippen LogP contribution in [0.15, 0.2) is 0 Å². The number of hydrogen-bond donors (Lipinski definition) is 1. The number of nitrogens with zero attached hydrogens (tertiary/aromatic N) is 1. The van der Waals surface area contributed by atoms with Gasteiger partial charge in [-0.3, -0.25) is 9.69 Å². The average molecular weight is 215 g/mol. The Morgan fingerprint density at radius 2 is 1.93 bits per heavy atom. The largest absolute Gasteiger partial charge is 0.480 e. The van der Waals surface area contributed by atoms with E-state index >= 15 is 0 Å². The van der Waals surface area contributed by atoms with Crippen LogP contribution in [0.4, 0.5) is 0 Å². The predicted octanol–water partition coefficient (Wildman–Crippen LogP) is 1.35. The Kier molecular flexibility index (Phi) is 3.73. The van der Waals surface area contributed by atoms with E-state index in [-0.39, 0.29) is 12.2 Å². The summed E-state index contributed by atoms with van der Waals surface area (Å²) in [4.78, 5) is 13.3. The highest BCUT2D eigenvalue weighted by Crippen LogP contribution is 2.24. The number of carboxylic acids is 1. The van der Waals surface area contributed by atoms with Crippen molar-refractivity contribution in [3.63, 3.8) is 0 Å². The fourth-order valence-corrected chi connectivity index (χ4v) is 2.09. The Balaban J connectivity index is 2.80. The maximum Gasteiger partial charge on any atom is 0.323 e. The lowest BCUT2D eigenvalue weighted by atomic mass is 9.95. The van der Waals surface area contributed by atoms with E-state index in [4.69, 9.17) is 4.74 Å². The third-order valence-electron chi connectivity index (χ3n) is 3.27. The molecule has 0 aromatic carbocycles. The molecule has 1 aliphatic heterocycles. The summed E-state index contributed by atoms with van der Waals surface area (Å²) in [6.45, 7) is 9.07. The highest BCUT2D eigenvalue weighted by atomic mass is 16.5. The van der Waals surface area contributed by atoms with Crippen LogP contribution in [0, 0.1) is 0 Å². The van der Waals surface area contributed by atoms with E-state index in [0.717, 1.165) is 0 Å². The number of carbonyl (C=O) groups is 1. The Bertz CT molecular complexity index is 234. The molecule has 0 saturated carbocycles. The molecule has 15 heavy (non-hydrogen) atoms. The summed E-state index contributed by atoms with van der Waals surface area (Å²) < 4.78 is 5.60. The van der Waals surface area contributed by atoms with Gasteiger partial charge < -0.3 is 9.84 Å². The number of rotatable bonds is 3. The maximum absolute atomic E-state index is 11.3. The average Bonchev–Trinajstić information content (AvgIpc) is 2.14. The van der Waals surface area contributed by atoms with E-state index < -0.39 is 11.5 Å². The number of hydrogen-bond acceptors (Lipinski definition) is 3. The van der Waals surface area contributed by atoms with Crippen molar-refractivity contribution < 1.29 is 14.6 Å². The molecule has 1 aliphatic rings. The molecule has 3 atom stereocenters. The number of morpholine rings is 1. The van der Waals surface area contributed by atoms with Gasteiger partial charge in [0.15, 0.2) is 0 Å². The number of aliphatic carboxylic acids is 1.